The molecule has 0 unspecified atom stereocenters. The van der Waals surface area contributed by atoms with E-state index in [0.29, 0.717) is 10.6 Å². The molecular formula is C15H12N2OS. The minimum atomic E-state index is -0.474. The van der Waals surface area contributed by atoms with Crippen LogP contribution in [0.15, 0.2) is 48.5 Å². The highest BCUT2D eigenvalue weighted by Gasteiger charge is 2.16. The number of primary amides is 1. The molecule has 1 aromatic heterocycles. The van der Waals surface area contributed by atoms with Crippen LogP contribution in [0.25, 0.3) is 21.2 Å². The van der Waals surface area contributed by atoms with Gasteiger partial charge in [0, 0.05) is 10.1 Å². The second-order valence-corrected chi connectivity index (χ2v) is 5.28. The van der Waals surface area contributed by atoms with Crippen molar-refractivity contribution in [3.05, 3.63) is 53.4 Å². The lowest BCUT2D eigenvalue weighted by atomic mass is 10.0. The predicted molar refractivity (Wildman–Crippen MR) is 80.2 cm³/mol. The zero-order chi connectivity index (χ0) is 13.4. The van der Waals surface area contributed by atoms with Crippen molar-refractivity contribution >= 4 is 33.0 Å². The summed E-state index contributed by atoms with van der Waals surface area (Å²) < 4.78 is 1.00. The van der Waals surface area contributed by atoms with E-state index in [1.807, 2.05) is 48.5 Å². The van der Waals surface area contributed by atoms with Gasteiger partial charge in [-0.2, -0.15) is 0 Å². The minimum Gasteiger partial charge on any atom is -0.397 e. The monoisotopic (exact) mass is 268 g/mol. The molecule has 4 heteroatoms. The molecule has 0 fully saturated rings. The largest absolute Gasteiger partial charge is 0.397 e. The van der Waals surface area contributed by atoms with Crippen molar-refractivity contribution in [1.82, 2.24) is 0 Å². The molecule has 1 heterocycles. The topological polar surface area (TPSA) is 69.1 Å². The number of amides is 1. The van der Waals surface area contributed by atoms with Crippen molar-refractivity contribution in [2.24, 2.45) is 5.73 Å². The lowest BCUT2D eigenvalue weighted by molar-refractivity contribution is 0.100. The molecule has 0 aliphatic heterocycles. The van der Waals surface area contributed by atoms with Gasteiger partial charge in [0.15, 0.2) is 0 Å². The molecule has 3 rings (SSSR count). The van der Waals surface area contributed by atoms with Crippen LogP contribution in [0.1, 0.15) is 9.67 Å². The number of nitrogens with two attached hydrogens (primary N) is 2. The SMILES string of the molecule is NC(=O)c1sc2c(-c3ccccc3)cccc2c1N. The highest BCUT2D eigenvalue weighted by molar-refractivity contribution is 7.22. The minimum absolute atomic E-state index is 0.429. The summed E-state index contributed by atoms with van der Waals surface area (Å²) in [6.45, 7) is 0. The molecule has 3 nitrogen and oxygen atoms in total. The fraction of sp³-hybridized carbons (Fsp3) is 0. The van der Waals surface area contributed by atoms with Crippen LogP contribution in [0.5, 0.6) is 0 Å². The summed E-state index contributed by atoms with van der Waals surface area (Å²) in [4.78, 5) is 11.8. The molecule has 2 aromatic carbocycles. The van der Waals surface area contributed by atoms with E-state index in [1.165, 1.54) is 11.3 Å². The number of carbonyl (C=O) groups is 1. The maximum absolute atomic E-state index is 11.4. The molecule has 1 amide bonds. The fourth-order valence-electron chi connectivity index (χ4n) is 2.17. The summed E-state index contributed by atoms with van der Waals surface area (Å²) in [5.74, 6) is -0.474. The zero-order valence-electron chi connectivity index (χ0n) is 10.1. The average Bonchev–Trinajstić information content (AvgIpc) is 2.78. The Balaban J connectivity index is 2.33. The number of anilines is 1. The Kier molecular flexibility index (Phi) is 2.72. The van der Waals surface area contributed by atoms with Crippen LogP contribution in [-0.2, 0) is 0 Å². The lowest BCUT2D eigenvalue weighted by Gasteiger charge is -2.02. The number of rotatable bonds is 2. The lowest BCUT2D eigenvalue weighted by Crippen LogP contribution is -2.10. The standard InChI is InChI=1S/C15H12N2OS/c16-12-11-8-4-7-10(9-5-2-1-3-6-9)13(11)19-14(12)15(17)18/h1-8H,16H2,(H2,17,18). The first-order chi connectivity index (χ1) is 9.18. The summed E-state index contributed by atoms with van der Waals surface area (Å²) in [5.41, 5.74) is 14.0. The summed E-state index contributed by atoms with van der Waals surface area (Å²) in [6, 6.07) is 15.9. The maximum Gasteiger partial charge on any atom is 0.260 e. The summed E-state index contributed by atoms with van der Waals surface area (Å²) in [5, 5.41) is 0.889. The van der Waals surface area contributed by atoms with E-state index in [9.17, 15) is 4.79 Å². The highest BCUT2D eigenvalue weighted by Crippen LogP contribution is 2.39. The molecule has 0 radical (unpaired) electrons. The van der Waals surface area contributed by atoms with Crippen molar-refractivity contribution in [1.29, 1.82) is 0 Å². The highest BCUT2D eigenvalue weighted by atomic mass is 32.1. The molecule has 3 aromatic rings. The predicted octanol–water partition coefficient (Wildman–Crippen LogP) is 3.25. The Morgan fingerprint density at radius 1 is 1.00 bits per heavy atom. The van der Waals surface area contributed by atoms with Gasteiger partial charge in [-0.05, 0) is 11.1 Å². The van der Waals surface area contributed by atoms with Crippen molar-refractivity contribution in [2.75, 3.05) is 5.73 Å². The molecule has 94 valence electrons. The van der Waals surface area contributed by atoms with Crippen LogP contribution in [-0.4, -0.2) is 5.91 Å². The quantitative estimate of drug-likeness (QED) is 0.749. The molecule has 0 saturated carbocycles. The van der Waals surface area contributed by atoms with E-state index in [4.69, 9.17) is 11.5 Å². The summed E-state index contributed by atoms with van der Waals surface area (Å²) in [7, 11) is 0. The third-order valence-corrected chi connectivity index (χ3v) is 4.33. The number of nitrogen functional groups attached to an aromatic ring is 1. The van der Waals surface area contributed by atoms with Crippen LogP contribution in [0.2, 0.25) is 0 Å². The van der Waals surface area contributed by atoms with E-state index >= 15 is 0 Å². The number of thiophene rings is 1. The van der Waals surface area contributed by atoms with Crippen molar-refractivity contribution in [3.8, 4) is 11.1 Å². The number of hydrogen-bond donors (Lipinski definition) is 2. The van der Waals surface area contributed by atoms with E-state index < -0.39 is 5.91 Å². The van der Waals surface area contributed by atoms with Gasteiger partial charge in [0.25, 0.3) is 5.91 Å². The Bertz CT molecular complexity index is 762. The number of fused-ring (bicyclic) bond motifs is 1. The molecule has 4 N–H and O–H groups in total. The van der Waals surface area contributed by atoms with Crippen LogP contribution in [0.4, 0.5) is 5.69 Å². The molecule has 0 aliphatic rings. The van der Waals surface area contributed by atoms with Crippen molar-refractivity contribution in [3.63, 3.8) is 0 Å². The van der Waals surface area contributed by atoms with Gasteiger partial charge in [-0.15, -0.1) is 11.3 Å². The molecule has 0 saturated heterocycles. The van der Waals surface area contributed by atoms with Crippen molar-refractivity contribution in [2.45, 2.75) is 0 Å². The molecule has 0 aliphatic carbocycles. The van der Waals surface area contributed by atoms with Crippen LogP contribution >= 0.6 is 11.3 Å². The first kappa shape index (κ1) is 11.7. The van der Waals surface area contributed by atoms with Gasteiger partial charge in [0.05, 0.1) is 5.69 Å². The number of hydrogen-bond acceptors (Lipinski definition) is 3. The number of benzene rings is 2. The van der Waals surface area contributed by atoms with Crippen LogP contribution in [0.3, 0.4) is 0 Å². The molecule has 0 spiro atoms. The Morgan fingerprint density at radius 3 is 2.42 bits per heavy atom. The van der Waals surface area contributed by atoms with Crippen molar-refractivity contribution < 1.29 is 4.79 Å². The van der Waals surface area contributed by atoms with Gasteiger partial charge in [-0.3, -0.25) is 4.79 Å². The van der Waals surface area contributed by atoms with Gasteiger partial charge in [0.1, 0.15) is 4.88 Å². The van der Waals surface area contributed by atoms with Gasteiger partial charge >= 0.3 is 0 Å². The number of carbonyl (C=O) groups excluding carboxylic acids is 1. The fourth-order valence-corrected chi connectivity index (χ4v) is 3.27. The smallest absolute Gasteiger partial charge is 0.260 e. The molecule has 0 bridgehead atoms. The Labute approximate surface area is 114 Å². The molecule has 19 heavy (non-hydrogen) atoms. The van der Waals surface area contributed by atoms with Gasteiger partial charge < -0.3 is 11.5 Å². The van der Waals surface area contributed by atoms with E-state index in [1.54, 1.807) is 0 Å². The van der Waals surface area contributed by atoms with Crippen LogP contribution in [0, 0.1) is 0 Å². The molecular weight excluding hydrogens is 256 g/mol. The van der Waals surface area contributed by atoms with Gasteiger partial charge in [0.2, 0.25) is 0 Å². The van der Waals surface area contributed by atoms with E-state index in [2.05, 4.69) is 0 Å². The van der Waals surface area contributed by atoms with Gasteiger partial charge in [-0.1, -0.05) is 48.5 Å². The van der Waals surface area contributed by atoms with Crippen LogP contribution < -0.4 is 11.5 Å². The van der Waals surface area contributed by atoms with Gasteiger partial charge in [-0.25, -0.2) is 0 Å². The maximum atomic E-state index is 11.4. The first-order valence-electron chi connectivity index (χ1n) is 5.84. The second kappa shape index (κ2) is 4.40. The normalized spacial score (nSPS) is 10.7. The molecule has 0 atom stereocenters. The zero-order valence-corrected chi connectivity index (χ0v) is 10.9. The summed E-state index contributed by atoms with van der Waals surface area (Å²) >= 11 is 1.35. The first-order valence-corrected chi connectivity index (χ1v) is 6.66. The Hall–Kier alpha value is -2.33. The van der Waals surface area contributed by atoms with E-state index in [-0.39, 0.29) is 0 Å². The third-order valence-electron chi connectivity index (χ3n) is 3.06. The summed E-state index contributed by atoms with van der Waals surface area (Å²) in [6.07, 6.45) is 0. The van der Waals surface area contributed by atoms with E-state index in [0.717, 1.165) is 21.2 Å². The Morgan fingerprint density at radius 2 is 1.74 bits per heavy atom. The second-order valence-electron chi connectivity index (χ2n) is 4.26. The average molecular weight is 268 g/mol. The third kappa shape index (κ3) is 1.86.